The second kappa shape index (κ2) is 7.11. The Morgan fingerprint density at radius 2 is 2.10 bits per heavy atom. The summed E-state index contributed by atoms with van der Waals surface area (Å²) < 4.78 is 5.43. The quantitative estimate of drug-likeness (QED) is 0.891. The molecular weight excluding hydrogens is 288 g/mol. The standard InChI is InChI=1S/C16H17ClN2O2/c1-11-5-6-12(17)9-15(11)16(20)19-13-3-2-4-14(10-13)21-8-7-18/h2-6,9-10H,7-8,18H2,1H3,(H,19,20). The summed E-state index contributed by atoms with van der Waals surface area (Å²) in [5.41, 5.74) is 7.48. The molecular formula is C16H17ClN2O2. The molecule has 0 bridgehead atoms. The summed E-state index contributed by atoms with van der Waals surface area (Å²) in [5, 5.41) is 3.37. The number of halogens is 1. The van der Waals surface area contributed by atoms with Gasteiger partial charge in [-0.15, -0.1) is 0 Å². The molecule has 0 unspecified atom stereocenters. The SMILES string of the molecule is Cc1ccc(Cl)cc1C(=O)Nc1cccc(OCCN)c1. The second-order valence-electron chi connectivity index (χ2n) is 4.58. The van der Waals surface area contributed by atoms with Gasteiger partial charge in [-0.25, -0.2) is 0 Å². The van der Waals surface area contributed by atoms with Crippen molar-refractivity contribution < 1.29 is 9.53 Å². The lowest BCUT2D eigenvalue weighted by Gasteiger charge is -2.10. The Kier molecular flexibility index (Phi) is 5.20. The molecule has 0 saturated carbocycles. The monoisotopic (exact) mass is 304 g/mol. The molecule has 2 aromatic rings. The van der Waals surface area contributed by atoms with Gasteiger partial charge in [0.05, 0.1) is 0 Å². The number of nitrogens with two attached hydrogens (primary N) is 1. The largest absolute Gasteiger partial charge is 0.492 e. The number of benzene rings is 2. The molecule has 0 spiro atoms. The number of nitrogens with one attached hydrogen (secondary N) is 1. The summed E-state index contributed by atoms with van der Waals surface area (Å²) >= 11 is 5.93. The van der Waals surface area contributed by atoms with Gasteiger partial charge in [-0.1, -0.05) is 23.7 Å². The van der Waals surface area contributed by atoms with Gasteiger partial charge in [-0.2, -0.15) is 0 Å². The van der Waals surface area contributed by atoms with E-state index >= 15 is 0 Å². The van der Waals surface area contributed by atoms with Crippen LogP contribution in [-0.2, 0) is 0 Å². The minimum Gasteiger partial charge on any atom is -0.492 e. The minimum absolute atomic E-state index is 0.203. The Hall–Kier alpha value is -2.04. The number of hydrogen-bond acceptors (Lipinski definition) is 3. The van der Waals surface area contributed by atoms with Crippen molar-refractivity contribution >= 4 is 23.2 Å². The van der Waals surface area contributed by atoms with E-state index in [1.165, 1.54) is 0 Å². The van der Waals surface area contributed by atoms with Gasteiger partial charge in [0, 0.05) is 28.9 Å². The van der Waals surface area contributed by atoms with Crippen molar-refractivity contribution in [3.05, 3.63) is 58.6 Å². The minimum atomic E-state index is -0.203. The predicted molar refractivity (Wildman–Crippen MR) is 85.1 cm³/mol. The van der Waals surface area contributed by atoms with Crippen LogP contribution in [-0.4, -0.2) is 19.1 Å². The fourth-order valence-corrected chi connectivity index (χ4v) is 2.05. The normalized spacial score (nSPS) is 10.2. The molecule has 0 aliphatic carbocycles. The Morgan fingerprint density at radius 3 is 2.86 bits per heavy atom. The number of hydrogen-bond donors (Lipinski definition) is 2. The molecule has 3 N–H and O–H groups in total. The molecule has 5 heteroatoms. The van der Waals surface area contributed by atoms with Gasteiger partial charge < -0.3 is 15.8 Å². The van der Waals surface area contributed by atoms with E-state index in [9.17, 15) is 4.79 Å². The van der Waals surface area contributed by atoms with Gasteiger partial charge in [-0.05, 0) is 36.8 Å². The van der Waals surface area contributed by atoms with E-state index in [1.807, 2.05) is 25.1 Å². The molecule has 2 rings (SSSR count). The van der Waals surface area contributed by atoms with Crippen molar-refractivity contribution in [3.63, 3.8) is 0 Å². The van der Waals surface area contributed by atoms with Crippen molar-refractivity contribution in [1.29, 1.82) is 0 Å². The Morgan fingerprint density at radius 1 is 1.29 bits per heavy atom. The molecule has 0 aromatic heterocycles. The summed E-state index contributed by atoms with van der Waals surface area (Å²) in [6.07, 6.45) is 0. The third-order valence-corrected chi connectivity index (χ3v) is 3.16. The molecule has 0 atom stereocenters. The fraction of sp³-hybridized carbons (Fsp3) is 0.188. The van der Waals surface area contributed by atoms with E-state index in [0.717, 1.165) is 5.56 Å². The third-order valence-electron chi connectivity index (χ3n) is 2.92. The van der Waals surface area contributed by atoms with E-state index in [0.29, 0.717) is 35.2 Å². The first-order chi connectivity index (χ1) is 10.1. The van der Waals surface area contributed by atoms with Gasteiger partial charge in [0.2, 0.25) is 0 Å². The van der Waals surface area contributed by atoms with Crippen LogP contribution in [0.15, 0.2) is 42.5 Å². The van der Waals surface area contributed by atoms with Crippen LogP contribution in [0.5, 0.6) is 5.75 Å². The van der Waals surface area contributed by atoms with Crippen LogP contribution in [0.4, 0.5) is 5.69 Å². The highest BCUT2D eigenvalue weighted by molar-refractivity contribution is 6.31. The van der Waals surface area contributed by atoms with Crippen LogP contribution in [0, 0.1) is 6.92 Å². The first-order valence-corrected chi connectivity index (χ1v) is 6.98. The second-order valence-corrected chi connectivity index (χ2v) is 5.01. The number of carbonyl (C=O) groups excluding carboxylic acids is 1. The number of anilines is 1. The molecule has 0 fully saturated rings. The van der Waals surface area contributed by atoms with E-state index in [2.05, 4.69) is 5.32 Å². The van der Waals surface area contributed by atoms with E-state index < -0.39 is 0 Å². The molecule has 21 heavy (non-hydrogen) atoms. The fourth-order valence-electron chi connectivity index (χ4n) is 1.88. The highest BCUT2D eigenvalue weighted by Crippen LogP contribution is 2.20. The van der Waals surface area contributed by atoms with E-state index in [4.69, 9.17) is 22.1 Å². The summed E-state index contributed by atoms with van der Waals surface area (Å²) in [5.74, 6) is 0.465. The van der Waals surface area contributed by atoms with Gasteiger partial charge in [-0.3, -0.25) is 4.79 Å². The Labute approximate surface area is 128 Å². The summed E-state index contributed by atoms with van der Waals surface area (Å²) in [6.45, 7) is 2.75. The van der Waals surface area contributed by atoms with Crippen LogP contribution in [0.1, 0.15) is 15.9 Å². The zero-order valence-electron chi connectivity index (χ0n) is 11.7. The topological polar surface area (TPSA) is 64.3 Å². The zero-order chi connectivity index (χ0) is 15.2. The smallest absolute Gasteiger partial charge is 0.255 e. The predicted octanol–water partition coefficient (Wildman–Crippen LogP) is 3.24. The highest BCUT2D eigenvalue weighted by Gasteiger charge is 2.10. The van der Waals surface area contributed by atoms with Gasteiger partial charge in [0.25, 0.3) is 5.91 Å². The lowest BCUT2D eigenvalue weighted by Crippen LogP contribution is -2.14. The van der Waals surface area contributed by atoms with E-state index in [1.54, 1.807) is 24.3 Å². The average molecular weight is 305 g/mol. The molecule has 0 heterocycles. The van der Waals surface area contributed by atoms with Crippen molar-refractivity contribution in [2.24, 2.45) is 5.73 Å². The van der Waals surface area contributed by atoms with Crippen LogP contribution in [0.25, 0.3) is 0 Å². The van der Waals surface area contributed by atoms with Gasteiger partial charge in [0.15, 0.2) is 0 Å². The highest BCUT2D eigenvalue weighted by atomic mass is 35.5. The summed E-state index contributed by atoms with van der Waals surface area (Å²) in [4.78, 5) is 12.3. The molecule has 0 aliphatic heterocycles. The molecule has 2 aromatic carbocycles. The number of carbonyl (C=O) groups is 1. The zero-order valence-corrected chi connectivity index (χ0v) is 12.5. The Bertz CT molecular complexity index is 644. The van der Waals surface area contributed by atoms with Crippen LogP contribution in [0.2, 0.25) is 5.02 Å². The van der Waals surface area contributed by atoms with Crippen LogP contribution < -0.4 is 15.8 Å². The molecule has 0 aliphatic rings. The summed E-state index contributed by atoms with van der Waals surface area (Å²) in [6, 6.07) is 12.4. The number of ether oxygens (including phenoxy) is 1. The van der Waals surface area contributed by atoms with Crippen LogP contribution in [0.3, 0.4) is 0 Å². The molecule has 0 radical (unpaired) electrons. The van der Waals surface area contributed by atoms with Crippen molar-refractivity contribution in [1.82, 2.24) is 0 Å². The third kappa shape index (κ3) is 4.21. The average Bonchev–Trinajstić information content (AvgIpc) is 2.48. The maximum Gasteiger partial charge on any atom is 0.255 e. The lowest BCUT2D eigenvalue weighted by molar-refractivity contribution is 0.102. The molecule has 1 amide bonds. The first-order valence-electron chi connectivity index (χ1n) is 6.60. The van der Waals surface area contributed by atoms with E-state index in [-0.39, 0.29) is 5.91 Å². The maximum absolute atomic E-state index is 12.3. The maximum atomic E-state index is 12.3. The summed E-state index contributed by atoms with van der Waals surface area (Å²) in [7, 11) is 0. The lowest BCUT2D eigenvalue weighted by atomic mass is 10.1. The first kappa shape index (κ1) is 15.4. The van der Waals surface area contributed by atoms with Gasteiger partial charge >= 0.3 is 0 Å². The van der Waals surface area contributed by atoms with Crippen molar-refractivity contribution in [2.75, 3.05) is 18.5 Å². The van der Waals surface area contributed by atoms with Crippen molar-refractivity contribution in [2.45, 2.75) is 6.92 Å². The Balaban J connectivity index is 2.14. The van der Waals surface area contributed by atoms with Gasteiger partial charge in [0.1, 0.15) is 12.4 Å². The number of amides is 1. The van der Waals surface area contributed by atoms with Crippen molar-refractivity contribution in [3.8, 4) is 5.75 Å². The molecule has 110 valence electrons. The number of aryl methyl sites for hydroxylation is 1. The molecule has 4 nitrogen and oxygen atoms in total. The molecule has 0 saturated heterocycles. The van der Waals surface area contributed by atoms with Crippen LogP contribution >= 0.6 is 11.6 Å². The number of rotatable bonds is 5.